The third-order valence-electron chi connectivity index (χ3n) is 6.27. The van der Waals surface area contributed by atoms with Gasteiger partial charge in [0.25, 0.3) is 0 Å². The number of hydrogen-bond donors (Lipinski definition) is 0. The van der Waals surface area contributed by atoms with Crippen molar-refractivity contribution in [1.82, 2.24) is 0 Å². The summed E-state index contributed by atoms with van der Waals surface area (Å²) in [5.41, 5.74) is 8.17. The van der Waals surface area contributed by atoms with E-state index in [0.29, 0.717) is 0 Å². The Morgan fingerprint density at radius 2 is 1.32 bits per heavy atom. The molecule has 1 aliphatic carbocycles. The summed E-state index contributed by atoms with van der Waals surface area (Å²) in [6.45, 7) is 0. The number of rotatable bonds is 2. The van der Waals surface area contributed by atoms with Gasteiger partial charge in [-0.1, -0.05) is 78.9 Å². The molecule has 148 valence electrons. The van der Waals surface area contributed by atoms with Crippen LogP contribution in [0, 0.1) is 46.5 Å². The van der Waals surface area contributed by atoms with Gasteiger partial charge < -0.3 is 0 Å². The smallest absolute Gasteiger partial charge is 0 e. The second kappa shape index (κ2) is 8.68. The molecule has 1 aliphatic rings. The fourth-order valence-corrected chi connectivity index (χ4v) is 5.00. The van der Waals surface area contributed by atoms with Gasteiger partial charge in [0.2, 0.25) is 0 Å². The third-order valence-corrected chi connectivity index (χ3v) is 6.27. The average Bonchev–Trinajstić information content (AvgIpc) is 2.83. The Labute approximate surface area is 215 Å². The first-order chi connectivity index (χ1) is 14.9. The summed E-state index contributed by atoms with van der Waals surface area (Å²) in [6.07, 6.45) is 6.84. The zero-order chi connectivity index (χ0) is 19.9. The van der Waals surface area contributed by atoms with Crippen molar-refractivity contribution in [2.24, 2.45) is 0 Å². The van der Waals surface area contributed by atoms with E-state index < -0.39 is 0 Å². The van der Waals surface area contributed by atoms with Crippen LogP contribution in [-0.2, 0) is 6.42 Å². The topological polar surface area (TPSA) is 0 Å². The molecular formula is C30H21Sm-. The predicted octanol–water partition coefficient (Wildman–Crippen LogP) is 8.09. The van der Waals surface area contributed by atoms with Crippen molar-refractivity contribution >= 4 is 27.6 Å². The molecule has 6 rings (SSSR count). The van der Waals surface area contributed by atoms with Crippen LogP contribution in [0.1, 0.15) is 17.5 Å². The minimum Gasteiger partial charge on any atom is -0.184 e. The maximum atomic E-state index is 3.17. The van der Waals surface area contributed by atoms with E-state index in [1.807, 2.05) is 12.1 Å². The third kappa shape index (κ3) is 3.46. The molecule has 5 aromatic rings. The minimum absolute atomic E-state index is 0. The van der Waals surface area contributed by atoms with Crippen LogP contribution in [0.4, 0.5) is 0 Å². The van der Waals surface area contributed by atoms with E-state index in [1.165, 1.54) is 54.9 Å². The van der Waals surface area contributed by atoms with E-state index in [2.05, 4.69) is 97.1 Å². The van der Waals surface area contributed by atoms with Crippen LogP contribution in [0.2, 0.25) is 0 Å². The molecule has 0 heterocycles. The summed E-state index contributed by atoms with van der Waals surface area (Å²) < 4.78 is 0. The number of fused-ring (bicyclic) bond motifs is 3. The van der Waals surface area contributed by atoms with E-state index in [4.69, 9.17) is 0 Å². The second-order valence-electron chi connectivity index (χ2n) is 7.94. The van der Waals surface area contributed by atoms with Gasteiger partial charge in [-0.3, -0.25) is 0 Å². The van der Waals surface area contributed by atoms with Gasteiger partial charge in [0, 0.05) is 40.4 Å². The largest absolute Gasteiger partial charge is 0.184 e. The second-order valence-corrected chi connectivity index (χ2v) is 7.94. The van der Waals surface area contributed by atoms with Crippen LogP contribution in [0.15, 0.2) is 97.1 Å². The molecule has 0 unspecified atom stereocenters. The van der Waals surface area contributed by atoms with Gasteiger partial charge >= 0.3 is 0 Å². The van der Waals surface area contributed by atoms with E-state index >= 15 is 0 Å². The van der Waals surface area contributed by atoms with E-state index in [1.54, 1.807) is 0 Å². The number of allylic oxidation sites excluding steroid dienone is 1. The molecule has 0 radical (unpaired) electrons. The molecule has 31 heavy (non-hydrogen) atoms. The van der Waals surface area contributed by atoms with Gasteiger partial charge in [-0.15, -0.1) is 5.56 Å². The molecule has 0 aromatic heterocycles. The van der Waals surface area contributed by atoms with Crippen molar-refractivity contribution in [3.63, 3.8) is 0 Å². The van der Waals surface area contributed by atoms with Gasteiger partial charge in [0.1, 0.15) is 0 Å². The Kier molecular flexibility index (Phi) is 5.76. The van der Waals surface area contributed by atoms with Crippen molar-refractivity contribution in [2.75, 3.05) is 0 Å². The summed E-state index contributed by atoms with van der Waals surface area (Å²) >= 11 is 0. The Morgan fingerprint density at radius 3 is 2.13 bits per heavy atom. The zero-order valence-corrected chi connectivity index (χ0v) is 19.8. The van der Waals surface area contributed by atoms with Crippen LogP contribution in [-0.4, -0.2) is 0 Å². The maximum absolute atomic E-state index is 3.17. The van der Waals surface area contributed by atoms with Crippen molar-refractivity contribution < 1.29 is 40.4 Å². The molecule has 0 atom stereocenters. The van der Waals surface area contributed by atoms with Crippen LogP contribution < -0.4 is 0 Å². The van der Waals surface area contributed by atoms with E-state index in [0.717, 1.165) is 12.8 Å². The van der Waals surface area contributed by atoms with Crippen LogP contribution in [0.3, 0.4) is 0 Å². The normalized spacial score (nSPS) is 12.5. The first-order valence-electron chi connectivity index (χ1n) is 10.6. The van der Waals surface area contributed by atoms with Gasteiger partial charge in [-0.2, -0.15) is 30.3 Å². The Morgan fingerprint density at radius 1 is 0.645 bits per heavy atom. The molecule has 0 fully saturated rings. The molecule has 0 amide bonds. The molecule has 0 spiro atoms. The van der Waals surface area contributed by atoms with Crippen molar-refractivity contribution in [3.05, 3.63) is 114 Å². The fraction of sp³-hybridized carbons (Fsp3) is 0.0667. The standard InChI is InChI=1S/C30H21.Sm/c1-2-12-22(13-3-1)29-25-16-6-8-18-27(25)30(28-19-9-7-17-26(28)29)24-20-10-14-21-11-4-5-15-23(21)24;/h2-6,8-16,18-20H,7,17H2;/q-1;. The molecule has 0 N–H and O–H groups in total. The van der Waals surface area contributed by atoms with Gasteiger partial charge in [0.15, 0.2) is 0 Å². The summed E-state index contributed by atoms with van der Waals surface area (Å²) in [7, 11) is 0. The monoisotopic (exact) mass is 533 g/mol. The van der Waals surface area contributed by atoms with Crippen LogP contribution >= 0.6 is 0 Å². The van der Waals surface area contributed by atoms with Gasteiger partial charge in [-0.25, -0.2) is 0 Å². The summed E-state index contributed by atoms with van der Waals surface area (Å²) in [5.74, 6) is 0. The predicted molar refractivity (Wildman–Crippen MR) is 129 cm³/mol. The molecule has 0 nitrogen and oxygen atoms in total. The summed E-state index contributed by atoms with van der Waals surface area (Å²) in [4.78, 5) is 0. The molecule has 0 saturated carbocycles. The van der Waals surface area contributed by atoms with Gasteiger partial charge in [0.05, 0.1) is 0 Å². The number of hydrogen-bond acceptors (Lipinski definition) is 0. The Balaban J connectivity index is 0.00000204. The van der Waals surface area contributed by atoms with Crippen molar-refractivity contribution in [3.8, 4) is 22.3 Å². The molecular weight excluding hydrogens is 511 g/mol. The minimum atomic E-state index is 0. The summed E-state index contributed by atoms with van der Waals surface area (Å²) in [6, 6.07) is 35.9. The van der Waals surface area contributed by atoms with Crippen molar-refractivity contribution in [1.29, 1.82) is 0 Å². The molecule has 0 saturated heterocycles. The SMILES string of the molecule is [Sm].[c-]1ccc(-c2c3c(c(-c4cccc5ccccc45)c4ccccc24)C=CCC3)cc1. The maximum Gasteiger partial charge on any atom is 0 e. The Hall–Kier alpha value is -2.30. The first kappa shape index (κ1) is 20.6. The molecule has 0 aliphatic heterocycles. The van der Waals surface area contributed by atoms with Crippen LogP contribution in [0.25, 0.3) is 49.9 Å². The average molecular weight is 532 g/mol. The van der Waals surface area contributed by atoms with E-state index in [9.17, 15) is 0 Å². The van der Waals surface area contributed by atoms with Crippen molar-refractivity contribution in [2.45, 2.75) is 12.8 Å². The quantitative estimate of drug-likeness (QED) is 0.202. The Bertz CT molecular complexity index is 1420. The zero-order valence-electron chi connectivity index (χ0n) is 17.1. The molecule has 0 bridgehead atoms. The number of benzene rings is 5. The summed E-state index contributed by atoms with van der Waals surface area (Å²) in [5, 5.41) is 5.26. The van der Waals surface area contributed by atoms with Crippen LogP contribution in [0.5, 0.6) is 0 Å². The first-order valence-corrected chi connectivity index (χ1v) is 10.6. The fourth-order valence-electron chi connectivity index (χ4n) is 5.00. The molecule has 1 heteroatoms. The van der Waals surface area contributed by atoms with E-state index in [-0.39, 0.29) is 40.4 Å². The van der Waals surface area contributed by atoms with Gasteiger partial charge in [-0.05, 0) is 62.2 Å². The molecule has 5 aromatic carbocycles.